The molecule has 1 aliphatic heterocycles. The Kier molecular flexibility index (Phi) is 9.54. The highest BCUT2D eigenvalue weighted by Crippen LogP contribution is 2.34. The fourth-order valence-corrected chi connectivity index (χ4v) is 5.41. The van der Waals surface area contributed by atoms with Crippen LogP contribution in [0.25, 0.3) is 11.1 Å². The molecule has 47 heavy (non-hydrogen) atoms. The number of benzene rings is 5. The van der Waals surface area contributed by atoms with Gasteiger partial charge in [-0.3, -0.25) is 14.4 Å². The van der Waals surface area contributed by atoms with Crippen molar-refractivity contribution in [1.29, 1.82) is 0 Å². The van der Waals surface area contributed by atoms with Gasteiger partial charge in [-0.05, 0) is 84.4 Å². The van der Waals surface area contributed by atoms with Gasteiger partial charge in [0.2, 0.25) is 5.91 Å². The molecule has 1 heterocycles. The molecule has 1 saturated heterocycles. The van der Waals surface area contributed by atoms with E-state index in [1.54, 1.807) is 48.5 Å². The summed E-state index contributed by atoms with van der Waals surface area (Å²) in [5.74, 6) is -0.904. The van der Waals surface area contributed by atoms with Crippen LogP contribution in [0.3, 0.4) is 0 Å². The monoisotopic (exact) mass is 689 g/mol. The average molecular weight is 691 g/mol. The number of esters is 2. The molecule has 0 saturated carbocycles. The Labute approximate surface area is 279 Å². The van der Waals surface area contributed by atoms with Crippen LogP contribution in [0.5, 0.6) is 17.2 Å². The number of anilines is 1. The lowest BCUT2D eigenvalue weighted by atomic mass is 10.0. The fourth-order valence-electron chi connectivity index (χ4n) is 5.15. The number of halogens is 1. The molecular formula is C38H28BrNO7. The lowest BCUT2D eigenvalue weighted by Crippen LogP contribution is -2.27. The standard InChI is InChI=1S/C38H28BrNO7/c39-29-14-10-27(11-15-29)38(44)47-32-18-12-26(13-19-32)34(41)24-45-37(43)28-22-36(42)40(23-28)30-16-20-31(21-17-30)46-35-9-5-4-8-33(35)25-6-2-1-3-7-25/h1-21,28H,22-24H2/t28-/m0/s1. The molecule has 0 radical (unpaired) electrons. The Bertz CT molecular complexity index is 1910. The van der Waals surface area contributed by atoms with E-state index in [2.05, 4.69) is 15.9 Å². The van der Waals surface area contributed by atoms with Gasteiger partial charge in [0, 0.05) is 34.3 Å². The molecule has 8 nitrogen and oxygen atoms in total. The van der Waals surface area contributed by atoms with Crippen molar-refractivity contribution in [3.05, 3.63) is 143 Å². The Morgan fingerprint density at radius 2 is 1.36 bits per heavy atom. The van der Waals surface area contributed by atoms with Crippen LogP contribution in [-0.2, 0) is 14.3 Å². The van der Waals surface area contributed by atoms with Crippen LogP contribution in [0.1, 0.15) is 27.1 Å². The highest BCUT2D eigenvalue weighted by atomic mass is 79.9. The first-order chi connectivity index (χ1) is 22.8. The van der Waals surface area contributed by atoms with Crippen molar-refractivity contribution in [3.8, 4) is 28.4 Å². The third kappa shape index (κ3) is 7.65. The third-order valence-corrected chi connectivity index (χ3v) is 8.15. The van der Waals surface area contributed by atoms with E-state index in [9.17, 15) is 19.2 Å². The minimum Gasteiger partial charge on any atom is -0.457 e. The summed E-state index contributed by atoms with van der Waals surface area (Å²) < 4.78 is 17.7. The van der Waals surface area contributed by atoms with Crippen LogP contribution in [0.15, 0.2) is 132 Å². The first-order valence-electron chi connectivity index (χ1n) is 14.8. The van der Waals surface area contributed by atoms with Gasteiger partial charge in [0.15, 0.2) is 12.4 Å². The Balaban J connectivity index is 1.00. The lowest BCUT2D eigenvalue weighted by molar-refractivity contribution is -0.147. The van der Waals surface area contributed by atoms with Crippen molar-refractivity contribution in [3.63, 3.8) is 0 Å². The zero-order valence-electron chi connectivity index (χ0n) is 25.0. The second-order valence-corrected chi connectivity index (χ2v) is 11.7. The van der Waals surface area contributed by atoms with Gasteiger partial charge < -0.3 is 19.1 Å². The molecule has 9 heteroatoms. The summed E-state index contributed by atoms with van der Waals surface area (Å²) in [5, 5.41) is 0. The summed E-state index contributed by atoms with van der Waals surface area (Å²) >= 11 is 3.32. The molecule has 0 bridgehead atoms. The number of hydrogen-bond donors (Lipinski definition) is 0. The van der Waals surface area contributed by atoms with Crippen LogP contribution in [-0.4, -0.2) is 36.8 Å². The molecule has 0 unspecified atom stereocenters. The third-order valence-electron chi connectivity index (χ3n) is 7.62. The molecule has 0 spiro atoms. The topological polar surface area (TPSA) is 99.2 Å². The van der Waals surface area contributed by atoms with Gasteiger partial charge in [0.1, 0.15) is 17.2 Å². The second-order valence-electron chi connectivity index (χ2n) is 10.8. The van der Waals surface area contributed by atoms with Gasteiger partial charge in [-0.15, -0.1) is 0 Å². The van der Waals surface area contributed by atoms with Crippen molar-refractivity contribution in [2.75, 3.05) is 18.1 Å². The van der Waals surface area contributed by atoms with Crippen molar-refractivity contribution >= 4 is 45.2 Å². The highest BCUT2D eigenvalue weighted by molar-refractivity contribution is 9.10. The zero-order valence-corrected chi connectivity index (χ0v) is 26.6. The maximum absolute atomic E-state index is 12.8. The number of nitrogens with zero attached hydrogens (tertiary/aromatic N) is 1. The van der Waals surface area contributed by atoms with Crippen LogP contribution in [0.4, 0.5) is 5.69 Å². The number of Topliss-reactive ketones (excluding diaryl/α,β-unsaturated/α-hetero) is 1. The number of ether oxygens (including phenoxy) is 3. The Hall–Kier alpha value is -5.54. The zero-order chi connectivity index (χ0) is 32.8. The van der Waals surface area contributed by atoms with Crippen molar-refractivity contribution in [2.24, 2.45) is 5.92 Å². The van der Waals surface area contributed by atoms with E-state index in [4.69, 9.17) is 14.2 Å². The average Bonchev–Trinajstić information content (AvgIpc) is 3.50. The van der Waals surface area contributed by atoms with Gasteiger partial charge >= 0.3 is 11.9 Å². The smallest absolute Gasteiger partial charge is 0.343 e. The van der Waals surface area contributed by atoms with E-state index in [1.807, 2.05) is 54.6 Å². The Morgan fingerprint density at radius 1 is 0.723 bits per heavy atom. The Morgan fingerprint density at radius 3 is 2.09 bits per heavy atom. The number of carbonyl (C=O) groups excluding carboxylic acids is 4. The molecule has 5 aromatic carbocycles. The van der Waals surface area contributed by atoms with Gasteiger partial charge in [0.05, 0.1) is 11.5 Å². The second kappa shape index (κ2) is 14.3. The minimum atomic E-state index is -0.704. The molecule has 1 atom stereocenters. The largest absolute Gasteiger partial charge is 0.457 e. The summed E-state index contributed by atoms with van der Waals surface area (Å²) in [7, 11) is 0. The number of carbonyl (C=O) groups is 4. The van der Waals surface area contributed by atoms with Crippen molar-refractivity contribution < 1.29 is 33.4 Å². The highest BCUT2D eigenvalue weighted by Gasteiger charge is 2.36. The van der Waals surface area contributed by atoms with E-state index >= 15 is 0 Å². The quantitative estimate of drug-likeness (QED) is 0.0835. The lowest BCUT2D eigenvalue weighted by Gasteiger charge is -2.17. The van der Waals surface area contributed by atoms with Crippen molar-refractivity contribution in [2.45, 2.75) is 6.42 Å². The van der Waals surface area contributed by atoms with Crippen LogP contribution in [0.2, 0.25) is 0 Å². The molecule has 0 N–H and O–H groups in total. The molecule has 0 aliphatic carbocycles. The van der Waals surface area contributed by atoms with Gasteiger partial charge in [0.25, 0.3) is 0 Å². The molecule has 1 fully saturated rings. The summed E-state index contributed by atoms with van der Waals surface area (Å²) in [4.78, 5) is 52.2. The van der Waals surface area contributed by atoms with E-state index in [0.717, 1.165) is 15.6 Å². The first-order valence-corrected chi connectivity index (χ1v) is 15.6. The number of para-hydroxylation sites is 1. The molecule has 1 amide bonds. The summed E-state index contributed by atoms with van der Waals surface area (Å²) in [6.45, 7) is -0.334. The van der Waals surface area contributed by atoms with Crippen LogP contribution in [0, 0.1) is 5.92 Å². The van der Waals surface area contributed by atoms with Crippen molar-refractivity contribution in [1.82, 2.24) is 0 Å². The van der Waals surface area contributed by atoms with E-state index in [0.29, 0.717) is 28.3 Å². The first kappa shape index (κ1) is 31.4. The van der Waals surface area contributed by atoms with Gasteiger partial charge in [-0.2, -0.15) is 0 Å². The maximum atomic E-state index is 12.8. The van der Waals surface area contributed by atoms with Crippen LogP contribution >= 0.6 is 15.9 Å². The van der Waals surface area contributed by atoms with Gasteiger partial charge in [-0.1, -0.05) is 64.5 Å². The molecule has 6 rings (SSSR count). The molecular weight excluding hydrogens is 662 g/mol. The number of rotatable bonds is 10. The predicted molar refractivity (Wildman–Crippen MR) is 180 cm³/mol. The van der Waals surface area contributed by atoms with E-state index < -0.39 is 30.2 Å². The maximum Gasteiger partial charge on any atom is 0.343 e. The van der Waals surface area contributed by atoms with Crippen LogP contribution < -0.4 is 14.4 Å². The SMILES string of the molecule is O=C(COC(=O)[C@H]1CC(=O)N(c2ccc(Oc3ccccc3-c3ccccc3)cc2)C1)c1ccc(OC(=O)c2ccc(Br)cc2)cc1. The minimum absolute atomic E-state index is 0.0197. The molecule has 0 aromatic heterocycles. The summed E-state index contributed by atoms with van der Waals surface area (Å²) in [6, 6.07) is 37.5. The normalized spacial score (nSPS) is 14.0. The number of amides is 1. The van der Waals surface area contributed by atoms with E-state index in [-0.39, 0.29) is 24.6 Å². The van der Waals surface area contributed by atoms with E-state index in [1.165, 1.54) is 29.2 Å². The molecule has 1 aliphatic rings. The summed E-state index contributed by atoms with van der Waals surface area (Å²) in [5.41, 5.74) is 3.30. The predicted octanol–water partition coefficient (Wildman–Crippen LogP) is 7.91. The number of ketones is 1. The molecule has 5 aromatic rings. The summed E-state index contributed by atoms with van der Waals surface area (Å²) in [6.07, 6.45) is -0.0197. The fraction of sp³-hybridized carbons (Fsp3) is 0.105. The molecule has 234 valence electrons. The number of hydrogen-bond acceptors (Lipinski definition) is 7. The van der Waals surface area contributed by atoms with Gasteiger partial charge in [-0.25, -0.2) is 4.79 Å².